The molecule has 0 saturated carbocycles. The quantitative estimate of drug-likeness (QED) is 0.420. The van der Waals surface area contributed by atoms with Crippen LogP contribution in [0.2, 0.25) is 0 Å². The van der Waals surface area contributed by atoms with Crippen molar-refractivity contribution in [1.82, 2.24) is 20.3 Å². The minimum Gasteiger partial charge on any atom is -0.466 e. The van der Waals surface area contributed by atoms with E-state index in [1.165, 1.54) is 7.11 Å². The van der Waals surface area contributed by atoms with Crippen LogP contribution in [0, 0.1) is 0 Å². The minimum atomic E-state index is -0.248. The Morgan fingerprint density at radius 1 is 1.56 bits per heavy atom. The lowest BCUT2D eigenvalue weighted by Gasteiger charge is -2.04. The summed E-state index contributed by atoms with van der Waals surface area (Å²) in [5.41, 5.74) is 0.710. The van der Waals surface area contributed by atoms with Gasteiger partial charge in [0.05, 0.1) is 13.3 Å². The third-order valence-corrected chi connectivity index (χ3v) is 2.53. The SMILES string of the molecule is CC/C(=C/CNCCCn1ccnn1)C(=O)OC. The second kappa shape index (κ2) is 8.41. The predicted octanol–water partition coefficient (Wildman–Crippen LogP) is 0.767. The van der Waals surface area contributed by atoms with Crippen LogP contribution in [-0.4, -0.2) is 41.2 Å². The lowest BCUT2D eigenvalue weighted by Crippen LogP contribution is -2.18. The molecule has 1 heterocycles. The van der Waals surface area contributed by atoms with E-state index in [0.29, 0.717) is 18.5 Å². The van der Waals surface area contributed by atoms with Gasteiger partial charge in [0.2, 0.25) is 0 Å². The van der Waals surface area contributed by atoms with Gasteiger partial charge in [-0.05, 0) is 19.4 Å². The maximum absolute atomic E-state index is 11.3. The second-order valence-corrected chi connectivity index (χ2v) is 3.80. The van der Waals surface area contributed by atoms with Crippen molar-refractivity contribution < 1.29 is 9.53 Å². The highest BCUT2D eigenvalue weighted by molar-refractivity contribution is 5.88. The number of hydrogen-bond acceptors (Lipinski definition) is 5. The molecule has 0 bridgehead atoms. The topological polar surface area (TPSA) is 69.0 Å². The molecular weight excluding hydrogens is 232 g/mol. The van der Waals surface area contributed by atoms with E-state index in [4.69, 9.17) is 0 Å². The molecule has 100 valence electrons. The highest BCUT2D eigenvalue weighted by Gasteiger charge is 2.05. The number of rotatable bonds is 8. The van der Waals surface area contributed by atoms with Crippen molar-refractivity contribution in [2.45, 2.75) is 26.3 Å². The summed E-state index contributed by atoms with van der Waals surface area (Å²) in [6.45, 7) is 4.33. The Bertz CT molecular complexity index is 373. The molecule has 0 aliphatic rings. The Balaban J connectivity index is 2.13. The summed E-state index contributed by atoms with van der Waals surface area (Å²) in [6.07, 6.45) is 7.04. The monoisotopic (exact) mass is 252 g/mol. The van der Waals surface area contributed by atoms with Crippen molar-refractivity contribution in [3.05, 3.63) is 24.0 Å². The number of ether oxygens (including phenoxy) is 1. The van der Waals surface area contributed by atoms with Gasteiger partial charge in [0.1, 0.15) is 0 Å². The summed E-state index contributed by atoms with van der Waals surface area (Å²) in [7, 11) is 1.40. The largest absolute Gasteiger partial charge is 0.466 e. The molecule has 6 nitrogen and oxygen atoms in total. The second-order valence-electron chi connectivity index (χ2n) is 3.80. The Morgan fingerprint density at radius 3 is 3.00 bits per heavy atom. The van der Waals surface area contributed by atoms with Crippen molar-refractivity contribution in [2.75, 3.05) is 20.2 Å². The number of esters is 1. The minimum absolute atomic E-state index is 0.248. The molecule has 0 aliphatic heterocycles. The van der Waals surface area contributed by atoms with Gasteiger partial charge in [-0.15, -0.1) is 5.10 Å². The van der Waals surface area contributed by atoms with E-state index in [1.54, 1.807) is 10.9 Å². The molecule has 1 aromatic heterocycles. The highest BCUT2D eigenvalue weighted by Crippen LogP contribution is 2.01. The van der Waals surface area contributed by atoms with Gasteiger partial charge in [0.15, 0.2) is 0 Å². The third-order valence-electron chi connectivity index (χ3n) is 2.53. The fourth-order valence-corrected chi connectivity index (χ4v) is 1.52. The number of aryl methyl sites for hydroxylation is 1. The number of hydrogen-bond donors (Lipinski definition) is 1. The van der Waals surface area contributed by atoms with E-state index in [2.05, 4.69) is 20.4 Å². The van der Waals surface area contributed by atoms with Gasteiger partial charge in [-0.2, -0.15) is 0 Å². The molecule has 0 aromatic carbocycles. The number of nitrogens with zero attached hydrogens (tertiary/aromatic N) is 3. The molecule has 0 spiro atoms. The fourth-order valence-electron chi connectivity index (χ4n) is 1.52. The van der Waals surface area contributed by atoms with Crippen LogP contribution in [0.25, 0.3) is 0 Å². The Hall–Kier alpha value is -1.69. The lowest BCUT2D eigenvalue weighted by molar-refractivity contribution is -0.136. The summed E-state index contributed by atoms with van der Waals surface area (Å²) < 4.78 is 6.47. The van der Waals surface area contributed by atoms with Crippen molar-refractivity contribution in [3.63, 3.8) is 0 Å². The predicted molar refractivity (Wildman–Crippen MR) is 67.9 cm³/mol. The molecule has 0 radical (unpaired) electrons. The number of methoxy groups -OCH3 is 1. The maximum atomic E-state index is 11.3. The molecule has 0 amide bonds. The molecule has 0 fully saturated rings. The smallest absolute Gasteiger partial charge is 0.333 e. The van der Waals surface area contributed by atoms with E-state index >= 15 is 0 Å². The van der Waals surface area contributed by atoms with Crippen LogP contribution in [0.4, 0.5) is 0 Å². The van der Waals surface area contributed by atoms with E-state index < -0.39 is 0 Å². The van der Waals surface area contributed by atoms with Gasteiger partial charge in [-0.1, -0.05) is 18.2 Å². The molecule has 1 aromatic rings. The number of carbonyl (C=O) groups excluding carboxylic acids is 1. The molecule has 1 rings (SSSR count). The van der Waals surface area contributed by atoms with E-state index in [0.717, 1.165) is 19.5 Å². The first-order valence-electron chi connectivity index (χ1n) is 6.10. The number of nitrogens with one attached hydrogen (secondary N) is 1. The first-order valence-corrected chi connectivity index (χ1v) is 6.10. The van der Waals surface area contributed by atoms with Crippen molar-refractivity contribution in [1.29, 1.82) is 0 Å². The summed E-state index contributed by atoms with van der Waals surface area (Å²) >= 11 is 0. The van der Waals surface area contributed by atoms with Crippen molar-refractivity contribution in [2.24, 2.45) is 0 Å². The van der Waals surface area contributed by atoms with Crippen LogP contribution in [0.5, 0.6) is 0 Å². The molecular formula is C12H20N4O2. The lowest BCUT2D eigenvalue weighted by atomic mass is 10.2. The van der Waals surface area contributed by atoms with E-state index in [-0.39, 0.29) is 5.97 Å². The fraction of sp³-hybridized carbons (Fsp3) is 0.583. The standard InChI is InChI=1S/C12H20N4O2/c1-3-11(12(17)18-2)5-7-13-6-4-9-16-10-8-14-15-16/h5,8,10,13H,3-4,6-7,9H2,1-2H3/b11-5-. The molecule has 6 heteroatoms. The van der Waals surface area contributed by atoms with Gasteiger partial charge in [0, 0.05) is 24.9 Å². The molecule has 0 saturated heterocycles. The van der Waals surface area contributed by atoms with E-state index in [1.807, 2.05) is 19.2 Å². The van der Waals surface area contributed by atoms with Crippen LogP contribution in [-0.2, 0) is 16.1 Å². The van der Waals surface area contributed by atoms with Crippen LogP contribution in [0.15, 0.2) is 24.0 Å². The molecule has 18 heavy (non-hydrogen) atoms. The Kier molecular flexibility index (Phi) is 6.71. The summed E-state index contributed by atoms with van der Waals surface area (Å²) in [5, 5.41) is 10.9. The summed E-state index contributed by atoms with van der Waals surface area (Å²) in [5.74, 6) is -0.248. The van der Waals surface area contributed by atoms with Crippen LogP contribution in [0.3, 0.4) is 0 Å². The van der Waals surface area contributed by atoms with Crippen LogP contribution >= 0.6 is 0 Å². The molecule has 0 aliphatic carbocycles. The van der Waals surface area contributed by atoms with Crippen LogP contribution in [0.1, 0.15) is 19.8 Å². The Labute approximate surface area is 107 Å². The third kappa shape index (κ3) is 5.09. The zero-order valence-electron chi connectivity index (χ0n) is 10.9. The van der Waals surface area contributed by atoms with Gasteiger partial charge in [0.25, 0.3) is 0 Å². The van der Waals surface area contributed by atoms with E-state index in [9.17, 15) is 4.79 Å². The first-order chi connectivity index (χ1) is 8.77. The number of aromatic nitrogens is 3. The van der Waals surface area contributed by atoms with Gasteiger partial charge in [-0.3, -0.25) is 4.68 Å². The molecule has 1 N–H and O–H groups in total. The summed E-state index contributed by atoms with van der Waals surface area (Å²) in [6, 6.07) is 0. The van der Waals surface area contributed by atoms with Gasteiger partial charge < -0.3 is 10.1 Å². The zero-order chi connectivity index (χ0) is 13.2. The average Bonchev–Trinajstić information content (AvgIpc) is 2.90. The summed E-state index contributed by atoms with van der Waals surface area (Å²) in [4.78, 5) is 11.3. The number of carbonyl (C=O) groups is 1. The average molecular weight is 252 g/mol. The zero-order valence-corrected chi connectivity index (χ0v) is 10.9. The van der Waals surface area contributed by atoms with Gasteiger partial charge in [-0.25, -0.2) is 4.79 Å². The maximum Gasteiger partial charge on any atom is 0.333 e. The Morgan fingerprint density at radius 2 is 2.39 bits per heavy atom. The molecule has 0 unspecified atom stereocenters. The normalized spacial score (nSPS) is 11.6. The van der Waals surface area contributed by atoms with Crippen molar-refractivity contribution >= 4 is 5.97 Å². The molecule has 0 atom stereocenters. The highest BCUT2D eigenvalue weighted by atomic mass is 16.5. The first kappa shape index (κ1) is 14.4. The van der Waals surface area contributed by atoms with Crippen molar-refractivity contribution in [3.8, 4) is 0 Å². The van der Waals surface area contributed by atoms with Gasteiger partial charge >= 0.3 is 5.97 Å². The van der Waals surface area contributed by atoms with Crippen LogP contribution < -0.4 is 5.32 Å².